The minimum absolute atomic E-state index is 0.179. The average molecular weight is 334 g/mol. The van der Waals surface area contributed by atoms with Gasteiger partial charge in [-0.15, -0.1) is 0 Å². The number of likely N-dealkylation sites (tertiary alicyclic amines) is 1. The van der Waals surface area contributed by atoms with E-state index >= 15 is 0 Å². The summed E-state index contributed by atoms with van der Waals surface area (Å²) in [5, 5.41) is 9.45. The maximum absolute atomic E-state index is 11.9. The van der Waals surface area contributed by atoms with Gasteiger partial charge in [0.05, 0.1) is 13.2 Å². The van der Waals surface area contributed by atoms with E-state index in [4.69, 9.17) is 4.74 Å². The molecular weight excluding hydrogens is 308 g/mol. The van der Waals surface area contributed by atoms with Crippen LogP contribution in [-0.4, -0.2) is 71.4 Å². The summed E-state index contributed by atoms with van der Waals surface area (Å²) in [5.74, 6) is 1.92. The number of aryl methyl sites for hydroxylation is 1. The van der Waals surface area contributed by atoms with Crippen LogP contribution in [0.5, 0.6) is 0 Å². The smallest absolute Gasteiger partial charge is 0.251 e. The van der Waals surface area contributed by atoms with Crippen molar-refractivity contribution in [3.05, 3.63) is 17.6 Å². The number of carbonyl (C=O) groups excluding carboxylic acids is 1. The van der Waals surface area contributed by atoms with Crippen LogP contribution in [0.3, 0.4) is 0 Å². The minimum atomic E-state index is -0.921. The molecule has 0 bridgehead atoms. The summed E-state index contributed by atoms with van der Waals surface area (Å²) < 4.78 is 5.41. The number of hydrogen-bond donors (Lipinski definition) is 1. The maximum atomic E-state index is 11.9. The van der Waals surface area contributed by atoms with Crippen molar-refractivity contribution >= 4 is 11.7 Å². The summed E-state index contributed by atoms with van der Waals surface area (Å²) in [6.07, 6.45) is 0.824. The molecule has 2 aliphatic rings. The second-order valence-electron chi connectivity index (χ2n) is 6.57. The van der Waals surface area contributed by atoms with Gasteiger partial charge in [0, 0.05) is 43.9 Å². The van der Waals surface area contributed by atoms with Gasteiger partial charge < -0.3 is 19.6 Å². The molecule has 2 fully saturated rings. The van der Waals surface area contributed by atoms with Crippen molar-refractivity contribution in [2.75, 3.05) is 44.3 Å². The first-order valence-corrected chi connectivity index (χ1v) is 8.69. The highest BCUT2D eigenvalue weighted by Crippen LogP contribution is 2.29. The highest BCUT2D eigenvalue weighted by molar-refractivity contribution is 5.80. The SMILES string of the molecule is Cc1nc(C2CCN(C(=O)C(C)O)CC2)cc(N2CCOCC2)n1. The first-order valence-electron chi connectivity index (χ1n) is 8.69. The molecule has 2 aliphatic heterocycles. The van der Waals surface area contributed by atoms with Crippen molar-refractivity contribution in [1.29, 1.82) is 0 Å². The molecule has 0 aromatic carbocycles. The number of nitrogens with zero attached hydrogens (tertiary/aromatic N) is 4. The lowest BCUT2D eigenvalue weighted by molar-refractivity contribution is -0.140. The summed E-state index contributed by atoms with van der Waals surface area (Å²) in [6, 6.07) is 2.09. The van der Waals surface area contributed by atoms with E-state index in [0.717, 1.165) is 56.5 Å². The Kier molecular flexibility index (Phi) is 5.30. The van der Waals surface area contributed by atoms with Gasteiger partial charge in [0.2, 0.25) is 0 Å². The molecule has 0 radical (unpaired) electrons. The molecule has 1 unspecified atom stereocenters. The van der Waals surface area contributed by atoms with E-state index in [1.807, 2.05) is 6.92 Å². The van der Waals surface area contributed by atoms with E-state index in [-0.39, 0.29) is 5.91 Å². The first-order chi connectivity index (χ1) is 11.5. The van der Waals surface area contributed by atoms with Gasteiger partial charge in [-0.3, -0.25) is 4.79 Å². The van der Waals surface area contributed by atoms with Crippen molar-refractivity contribution in [3.63, 3.8) is 0 Å². The van der Waals surface area contributed by atoms with E-state index in [2.05, 4.69) is 20.9 Å². The van der Waals surface area contributed by atoms with Crippen LogP contribution in [0, 0.1) is 6.92 Å². The second kappa shape index (κ2) is 7.44. The van der Waals surface area contributed by atoms with Gasteiger partial charge in [0.25, 0.3) is 5.91 Å². The van der Waals surface area contributed by atoms with Crippen molar-refractivity contribution in [2.45, 2.75) is 38.7 Å². The Labute approximate surface area is 142 Å². The molecule has 0 aliphatic carbocycles. The lowest BCUT2D eigenvalue weighted by atomic mass is 9.93. The minimum Gasteiger partial charge on any atom is -0.384 e. The molecule has 1 atom stereocenters. The summed E-state index contributed by atoms with van der Waals surface area (Å²) in [4.78, 5) is 25.1. The molecule has 1 amide bonds. The van der Waals surface area contributed by atoms with E-state index in [1.165, 1.54) is 6.92 Å². The first kappa shape index (κ1) is 17.1. The molecule has 7 nitrogen and oxygen atoms in total. The topological polar surface area (TPSA) is 78.8 Å². The number of aliphatic hydroxyl groups excluding tert-OH is 1. The Morgan fingerprint density at radius 3 is 2.54 bits per heavy atom. The van der Waals surface area contributed by atoms with E-state index in [1.54, 1.807) is 4.90 Å². The van der Waals surface area contributed by atoms with Crippen LogP contribution in [-0.2, 0) is 9.53 Å². The third-order valence-corrected chi connectivity index (χ3v) is 4.76. The second-order valence-corrected chi connectivity index (χ2v) is 6.57. The van der Waals surface area contributed by atoms with E-state index < -0.39 is 6.10 Å². The van der Waals surface area contributed by atoms with Crippen molar-refractivity contribution in [3.8, 4) is 0 Å². The Balaban J connectivity index is 1.69. The number of hydrogen-bond acceptors (Lipinski definition) is 6. The van der Waals surface area contributed by atoms with Gasteiger partial charge in [0.15, 0.2) is 0 Å². The Morgan fingerprint density at radius 2 is 1.92 bits per heavy atom. The van der Waals surface area contributed by atoms with Crippen LogP contribution < -0.4 is 4.90 Å². The molecule has 1 aromatic heterocycles. The van der Waals surface area contributed by atoms with Crippen LogP contribution in [0.4, 0.5) is 5.82 Å². The van der Waals surface area contributed by atoms with Gasteiger partial charge >= 0.3 is 0 Å². The number of morpholine rings is 1. The molecule has 3 heterocycles. The number of piperidine rings is 1. The van der Waals surface area contributed by atoms with Crippen LogP contribution in [0.15, 0.2) is 6.07 Å². The fraction of sp³-hybridized carbons (Fsp3) is 0.706. The van der Waals surface area contributed by atoms with Gasteiger partial charge in [0.1, 0.15) is 17.7 Å². The Morgan fingerprint density at radius 1 is 1.25 bits per heavy atom. The molecule has 1 aromatic rings. The van der Waals surface area contributed by atoms with Gasteiger partial charge in [-0.1, -0.05) is 0 Å². The molecule has 0 saturated carbocycles. The molecule has 3 rings (SSSR count). The molecule has 132 valence electrons. The molecule has 24 heavy (non-hydrogen) atoms. The number of aliphatic hydroxyl groups is 1. The summed E-state index contributed by atoms with van der Waals surface area (Å²) >= 11 is 0. The maximum Gasteiger partial charge on any atom is 0.251 e. The highest BCUT2D eigenvalue weighted by atomic mass is 16.5. The number of aromatic nitrogens is 2. The summed E-state index contributed by atoms with van der Waals surface area (Å²) in [5.41, 5.74) is 1.06. The third-order valence-electron chi connectivity index (χ3n) is 4.76. The fourth-order valence-corrected chi connectivity index (χ4v) is 3.40. The Bertz CT molecular complexity index is 579. The zero-order valence-electron chi connectivity index (χ0n) is 14.4. The van der Waals surface area contributed by atoms with Crippen molar-refractivity contribution in [2.24, 2.45) is 0 Å². The quantitative estimate of drug-likeness (QED) is 0.877. The van der Waals surface area contributed by atoms with Crippen LogP contribution in [0.1, 0.15) is 37.2 Å². The molecule has 1 N–H and O–H groups in total. The Hall–Kier alpha value is -1.73. The van der Waals surface area contributed by atoms with Gasteiger partial charge in [-0.2, -0.15) is 0 Å². The molecule has 2 saturated heterocycles. The summed E-state index contributed by atoms with van der Waals surface area (Å²) in [6.45, 7) is 7.98. The zero-order valence-corrected chi connectivity index (χ0v) is 14.4. The largest absolute Gasteiger partial charge is 0.384 e. The normalized spacial score (nSPS) is 21.0. The average Bonchev–Trinajstić information content (AvgIpc) is 2.61. The predicted molar refractivity (Wildman–Crippen MR) is 90.0 cm³/mol. The lowest BCUT2D eigenvalue weighted by Crippen LogP contribution is -2.42. The standard InChI is InChI=1S/C17H26N4O3/c1-12(22)17(23)21-5-3-14(4-6-21)15-11-16(19-13(2)18-15)20-7-9-24-10-8-20/h11-12,14,22H,3-10H2,1-2H3. The molecular formula is C17H26N4O3. The number of anilines is 1. The zero-order chi connectivity index (χ0) is 17.1. The van der Waals surface area contributed by atoms with Crippen LogP contribution >= 0.6 is 0 Å². The molecule has 7 heteroatoms. The number of rotatable bonds is 3. The van der Waals surface area contributed by atoms with Crippen molar-refractivity contribution in [1.82, 2.24) is 14.9 Å². The monoisotopic (exact) mass is 334 g/mol. The number of carbonyl (C=O) groups is 1. The third kappa shape index (κ3) is 3.84. The number of ether oxygens (including phenoxy) is 1. The molecule has 0 spiro atoms. The fourth-order valence-electron chi connectivity index (χ4n) is 3.40. The predicted octanol–water partition coefficient (Wildman–Crippen LogP) is 0.708. The van der Waals surface area contributed by atoms with E-state index in [0.29, 0.717) is 19.0 Å². The van der Waals surface area contributed by atoms with Gasteiger partial charge in [-0.05, 0) is 26.7 Å². The van der Waals surface area contributed by atoms with Gasteiger partial charge in [-0.25, -0.2) is 9.97 Å². The summed E-state index contributed by atoms with van der Waals surface area (Å²) in [7, 11) is 0. The van der Waals surface area contributed by atoms with E-state index in [9.17, 15) is 9.90 Å². The van der Waals surface area contributed by atoms with Crippen LogP contribution in [0.2, 0.25) is 0 Å². The van der Waals surface area contributed by atoms with Crippen molar-refractivity contribution < 1.29 is 14.6 Å². The highest BCUT2D eigenvalue weighted by Gasteiger charge is 2.27. The van der Waals surface area contributed by atoms with Crippen LogP contribution in [0.25, 0.3) is 0 Å². The lowest BCUT2D eigenvalue weighted by Gasteiger charge is -2.33. The number of amides is 1.